The Morgan fingerprint density at radius 2 is 1.91 bits per heavy atom. The van der Waals surface area contributed by atoms with Gasteiger partial charge in [-0.2, -0.15) is 0 Å². The van der Waals surface area contributed by atoms with Gasteiger partial charge in [0, 0.05) is 31.8 Å². The Morgan fingerprint density at radius 1 is 1.18 bits per heavy atom. The van der Waals surface area contributed by atoms with Crippen molar-refractivity contribution in [2.45, 2.75) is 32.0 Å². The zero-order valence-corrected chi connectivity index (χ0v) is 19.4. The Kier molecular flexibility index (Phi) is 6.75. The molecule has 1 aliphatic rings. The predicted molar refractivity (Wildman–Crippen MR) is 126 cm³/mol. The molecule has 1 amide bonds. The van der Waals surface area contributed by atoms with E-state index in [1.165, 1.54) is 11.2 Å². The zero-order chi connectivity index (χ0) is 24.2. The Morgan fingerprint density at radius 3 is 2.56 bits per heavy atom. The Bertz CT molecular complexity index is 1250. The number of amides is 1. The maximum atomic E-state index is 11.7. The molecule has 178 valence electrons. The van der Waals surface area contributed by atoms with Gasteiger partial charge in [-0.1, -0.05) is 11.8 Å². The summed E-state index contributed by atoms with van der Waals surface area (Å²) < 4.78 is 18.1. The number of nitrogens with two attached hydrogens (primary N) is 1. The van der Waals surface area contributed by atoms with E-state index in [2.05, 4.69) is 21.8 Å². The molecule has 10 heteroatoms. The number of aromatic nitrogens is 3. The van der Waals surface area contributed by atoms with Crippen LogP contribution >= 0.6 is 0 Å². The molecule has 0 spiro atoms. The number of fused-ring (bicyclic) bond motifs is 1. The van der Waals surface area contributed by atoms with Crippen molar-refractivity contribution in [1.29, 1.82) is 0 Å². The molecule has 0 unspecified atom stereocenters. The van der Waals surface area contributed by atoms with Crippen LogP contribution in [0.25, 0.3) is 11.0 Å². The molecule has 0 radical (unpaired) electrons. The fourth-order valence-corrected chi connectivity index (χ4v) is 4.36. The van der Waals surface area contributed by atoms with Crippen LogP contribution in [0.1, 0.15) is 29.7 Å². The van der Waals surface area contributed by atoms with E-state index in [0.29, 0.717) is 52.6 Å². The van der Waals surface area contributed by atoms with Crippen molar-refractivity contribution in [2.75, 3.05) is 33.6 Å². The lowest BCUT2D eigenvalue weighted by Gasteiger charge is -2.23. The lowest BCUT2D eigenvalue weighted by atomic mass is 10.1. The minimum atomic E-state index is -0.923. The van der Waals surface area contributed by atoms with Crippen LogP contribution in [-0.2, 0) is 17.9 Å². The summed E-state index contributed by atoms with van der Waals surface area (Å²) in [6, 6.07) is 5.22. The van der Waals surface area contributed by atoms with E-state index in [-0.39, 0.29) is 12.6 Å². The van der Waals surface area contributed by atoms with E-state index in [9.17, 15) is 9.90 Å². The van der Waals surface area contributed by atoms with E-state index in [0.717, 1.165) is 18.5 Å². The Labute approximate surface area is 197 Å². The third-order valence-electron chi connectivity index (χ3n) is 5.96. The van der Waals surface area contributed by atoms with Crippen LogP contribution in [0.4, 0.5) is 10.6 Å². The number of hydrogen-bond donors (Lipinski definition) is 2. The fraction of sp³-hybridized carbons (Fsp3) is 0.375. The Hall–Kier alpha value is -3.97. The molecule has 3 N–H and O–H groups in total. The second kappa shape index (κ2) is 9.89. The lowest BCUT2D eigenvalue weighted by Crippen LogP contribution is -2.37. The van der Waals surface area contributed by atoms with Crippen molar-refractivity contribution in [3.63, 3.8) is 0 Å². The summed E-state index contributed by atoms with van der Waals surface area (Å²) in [6.07, 6.45) is 2.06. The van der Waals surface area contributed by atoms with Gasteiger partial charge in [-0.15, -0.1) is 0 Å². The third kappa shape index (κ3) is 4.43. The highest BCUT2D eigenvalue weighted by Crippen LogP contribution is 2.31. The highest BCUT2D eigenvalue weighted by atomic mass is 16.5. The minimum absolute atomic E-state index is 0.177. The number of methoxy groups -OCH3 is 3. The number of nitrogen functional groups attached to an aromatic ring is 1. The first-order chi connectivity index (χ1) is 16.5. The van der Waals surface area contributed by atoms with Gasteiger partial charge in [0.15, 0.2) is 0 Å². The van der Waals surface area contributed by atoms with Gasteiger partial charge >= 0.3 is 6.09 Å². The van der Waals surface area contributed by atoms with Crippen LogP contribution in [0.5, 0.6) is 11.5 Å². The van der Waals surface area contributed by atoms with Gasteiger partial charge in [0.25, 0.3) is 0 Å². The first-order valence-corrected chi connectivity index (χ1v) is 10.8. The number of ether oxygens (including phenoxy) is 3. The number of nitrogens with zero attached hydrogens (tertiary/aromatic N) is 4. The van der Waals surface area contributed by atoms with Crippen molar-refractivity contribution in [2.24, 2.45) is 0 Å². The molecule has 3 aromatic rings. The lowest BCUT2D eigenvalue weighted by molar-refractivity contribution is 0.135. The molecule has 0 bridgehead atoms. The summed E-state index contributed by atoms with van der Waals surface area (Å²) in [5.74, 6) is 7.95. The first-order valence-electron chi connectivity index (χ1n) is 10.8. The number of likely N-dealkylation sites (tertiary alicyclic amines) is 1. The largest absolute Gasteiger partial charge is 0.497 e. The van der Waals surface area contributed by atoms with Gasteiger partial charge in [0.2, 0.25) is 0 Å². The van der Waals surface area contributed by atoms with Crippen molar-refractivity contribution >= 4 is 22.9 Å². The number of rotatable bonds is 6. The van der Waals surface area contributed by atoms with Crippen LogP contribution in [0.15, 0.2) is 24.5 Å². The van der Waals surface area contributed by atoms with Crippen LogP contribution in [-0.4, -0.2) is 64.6 Å². The van der Waals surface area contributed by atoms with Gasteiger partial charge in [-0.25, -0.2) is 14.8 Å². The molecule has 1 atom stereocenters. The Balaban J connectivity index is 1.86. The maximum absolute atomic E-state index is 11.7. The molecule has 2 aromatic heterocycles. The van der Waals surface area contributed by atoms with Gasteiger partial charge in [-0.05, 0) is 25.0 Å². The van der Waals surface area contributed by atoms with Crippen molar-refractivity contribution in [3.8, 4) is 23.3 Å². The van der Waals surface area contributed by atoms with Crippen molar-refractivity contribution < 1.29 is 24.1 Å². The highest BCUT2D eigenvalue weighted by Gasteiger charge is 2.31. The van der Waals surface area contributed by atoms with Gasteiger partial charge in [-0.3, -0.25) is 0 Å². The van der Waals surface area contributed by atoms with E-state index < -0.39 is 6.09 Å². The SMILES string of the molecule is COCc1c(C#Cc2cc(OC)cc(OC)c2)c2c(N)ncnc2n1C[C@H]1CCCN1C(=O)O. The first kappa shape index (κ1) is 23.2. The predicted octanol–water partition coefficient (Wildman–Crippen LogP) is 2.72. The normalized spacial score (nSPS) is 15.3. The summed E-state index contributed by atoms with van der Waals surface area (Å²) in [5, 5.41) is 10.2. The van der Waals surface area contributed by atoms with Gasteiger partial charge in [0.05, 0.1) is 43.5 Å². The molecule has 0 saturated carbocycles. The molecule has 0 aliphatic carbocycles. The monoisotopic (exact) mass is 465 g/mol. The van der Waals surface area contributed by atoms with E-state index in [1.807, 2.05) is 16.7 Å². The molecule has 3 heterocycles. The van der Waals surface area contributed by atoms with E-state index >= 15 is 0 Å². The molecule has 10 nitrogen and oxygen atoms in total. The number of hydrogen-bond acceptors (Lipinski definition) is 7. The number of benzene rings is 1. The standard InChI is InChI=1S/C24H27N5O5/c1-32-13-20-19(7-6-15-9-17(33-2)11-18(10-15)34-3)21-22(25)26-14-27-23(21)29(20)12-16-5-4-8-28(16)24(30)31/h9-11,14,16H,4-5,8,12-13H2,1-3H3,(H,30,31)(H2,25,26,27)/t16-/m1/s1. The molecule has 1 aliphatic heterocycles. The van der Waals surface area contributed by atoms with Crippen LogP contribution in [0, 0.1) is 11.8 Å². The van der Waals surface area contributed by atoms with Gasteiger partial charge < -0.3 is 34.5 Å². The molecule has 4 rings (SSSR count). The summed E-state index contributed by atoms with van der Waals surface area (Å²) in [5.41, 5.74) is 8.98. The minimum Gasteiger partial charge on any atom is -0.497 e. The average molecular weight is 466 g/mol. The number of carbonyl (C=O) groups is 1. The van der Waals surface area contributed by atoms with Crippen molar-refractivity contribution in [1.82, 2.24) is 19.4 Å². The molecular weight excluding hydrogens is 438 g/mol. The highest BCUT2D eigenvalue weighted by molar-refractivity contribution is 5.94. The molecule has 1 saturated heterocycles. The quantitative estimate of drug-likeness (QED) is 0.533. The summed E-state index contributed by atoms with van der Waals surface area (Å²) in [7, 11) is 4.76. The van der Waals surface area contributed by atoms with Crippen LogP contribution < -0.4 is 15.2 Å². The molecule has 1 fully saturated rings. The van der Waals surface area contributed by atoms with Gasteiger partial charge in [0.1, 0.15) is 29.3 Å². The summed E-state index contributed by atoms with van der Waals surface area (Å²) in [4.78, 5) is 21.8. The molecule has 34 heavy (non-hydrogen) atoms. The topological polar surface area (TPSA) is 125 Å². The summed E-state index contributed by atoms with van der Waals surface area (Å²) in [6.45, 7) is 1.19. The molecular formula is C24H27N5O5. The fourth-order valence-electron chi connectivity index (χ4n) is 4.36. The summed E-state index contributed by atoms with van der Waals surface area (Å²) >= 11 is 0. The van der Waals surface area contributed by atoms with E-state index in [4.69, 9.17) is 19.9 Å². The van der Waals surface area contributed by atoms with E-state index in [1.54, 1.807) is 27.4 Å². The third-order valence-corrected chi connectivity index (χ3v) is 5.96. The number of carboxylic acid groups (broad SMARTS) is 1. The second-order valence-corrected chi connectivity index (χ2v) is 7.95. The zero-order valence-electron chi connectivity index (χ0n) is 19.4. The van der Waals surface area contributed by atoms with Crippen molar-refractivity contribution in [3.05, 3.63) is 41.3 Å². The maximum Gasteiger partial charge on any atom is 0.407 e. The molecule has 1 aromatic carbocycles. The second-order valence-electron chi connectivity index (χ2n) is 7.95. The van der Waals surface area contributed by atoms with Crippen LogP contribution in [0.3, 0.4) is 0 Å². The number of anilines is 1. The van der Waals surface area contributed by atoms with Crippen LogP contribution in [0.2, 0.25) is 0 Å². The smallest absolute Gasteiger partial charge is 0.407 e. The average Bonchev–Trinajstić information content (AvgIpc) is 3.42.